The van der Waals surface area contributed by atoms with E-state index in [1.165, 1.54) is 0 Å². The number of anilines is 2. The van der Waals surface area contributed by atoms with Crippen LogP contribution in [0.3, 0.4) is 0 Å². The van der Waals surface area contributed by atoms with Crippen molar-refractivity contribution >= 4 is 23.5 Å². The number of carbonyl (C=O) groups is 2. The molecule has 2 aliphatic carbocycles. The number of amides is 2. The fourth-order valence-corrected chi connectivity index (χ4v) is 6.43. The van der Waals surface area contributed by atoms with Gasteiger partial charge in [0.15, 0.2) is 0 Å². The lowest BCUT2D eigenvalue weighted by Crippen LogP contribution is -2.50. The standard InChI is InChI=1S/C31H44N8O2/c1-31(2,3)26-17-28(35-19-33-26)37-25-14-22(15-25)30(41)39-9-5-20(6-10-39)11-23-16-27(34-18-32-23)36-24-12-21(13-24)29(40)38-7-4-8-38/h16-22,24-25H,4-15H2,1-3H3,(H,32,34,36)(H,33,35,37)/t21-,22-,24+,25+. The van der Waals surface area contributed by atoms with Gasteiger partial charge in [-0.05, 0) is 57.3 Å². The molecule has 2 saturated carbocycles. The molecule has 2 aromatic rings. The molecule has 6 rings (SSSR count). The summed E-state index contributed by atoms with van der Waals surface area (Å²) < 4.78 is 0. The van der Waals surface area contributed by atoms with Gasteiger partial charge in [0.25, 0.3) is 0 Å². The summed E-state index contributed by atoms with van der Waals surface area (Å²) in [6, 6.07) is 4.69. The van der Waals surface area contributed by atoms with Gasteiger partial charge >= 0.3 is 0 Å². The molecular weight excluding hydrogens is 516 g/mol. The molecule has 0 spiro atoms. The normalized spacial score (nSPS) is 26.4. The van der Waals surface area contributed by atoms with E-state index in [0.29, 0.717) is 23.8 Å². The molecule has 2 aromatic heterocycles. The summed E-state index contributed by atoms with van der Waals surface area (Å²) >= 11 is 0. The van der Waals surface area contributed by atoms with E-state index in [1.807, 2.05) is 11.0 Å². The quantitative estimate of drug-likeness (QED) is 0.503. The fraction of sp³-hybridized carbons (Fsp3) is 0.677. The third kappa shape index (κ3) is 6.46. The summed E-state index contributed by atoms with van der Waals surface area (Å²) in [6.07, 6.45) is 10.8. The predicted octanol–water partition coefficient (Wildman–Crippen LogP) is 3.66. The first-order valence-electron chi connectivity index (χ1n) is 15.5. The van der Waals surface area contributed by atoms with Crippen LogP contribution < -0.4 is 10.6 Å². The van der Waals surface area contributed by atoms with Crippen LogP contribution in [0.25, 0.3) is 0 Å². The lowest BCUT2D eigenvalue weighted by Gasteiger charge is -2.41. The van der Waals surface area contributed by atoms with Crippen molar-refractivity contribution in [2.24, 2.45) is 17.8 Å². The van der Waals surface area contributed by atoms with Gasteiger partial charge in [-0.2, -0.15) is 0 Å². The maximum absolute atomic E-state index is 13.2. The Morgan fingerprint density at radius 2 is 1.32 bits per heavy atom. The molecule has 4 fully saturated rings. The molecule has 0 unspecified atom stereocenters. The maximum atomic E-state index is 13.2. The summed E-state index contributed by atoms with van der Waals surface area (Å²) in [7, 11) is 0. The van der Waals surface area contributed by atoms with Gasteiger partial charge in [-0.1, -0.05) is 20.8 Å². The predicted molar refractivity (Wildman–Crippen MR) is 157 cm³/mol. The van der Waals surface area contributed by atoms with Crippen molar-refractivity contribution in [3.8, 4) is 0 Å². The van der Waals surface area contributed by atoms with Crippen molar-refractivity contribution in [1.29, 1.82) is 0 Å². The highest BCUT2D eigenvalue weighted by atomic mass is 16.2. The molecule has 10 heteroatoms. The molecule has 2 saturated heterocycles. The molecule has 4 aliphatic rings. The van der Waals surface area contributed by atoms with Gasteiger partial charge in [-0.25, -0.2) is 19.9 Å². The molecule has 41 heavy (non-hydrogen) atoms. The molecule has 4 heterocycles. The molecule has 0 atom stereocenters. The first-order chi connectivity index (χ1) is 19.7. The van der Waals surface area contributed by atoms with Crippen LogP contribution in [0.1, 0.15) is 77.1 Å². The number of nitrogens with one attached hydrogen (secondary N) is 2. The average Bonchev–Trinajstić information content (AvgIpc) is 2.87. The third-order valence-corrected chi connectivity index (χ3v) is 9.43. The number of piperidine rings is 1. The van der Waals surface area contributed by atoms with Gasteiger partial charge in [0.1, 0.15) is 24.3 Å². The Kier molecular flexibility index (Phi) is 7.83. The largest absolute Gasteiger partial charge is 0.367 e. The van der Waals surface area contributed by atoms with Gasteiger partial charge in [-0.15, -0.1) is 0 Å². The highest BCUT2D eigenvalue weighted by molar-refractivity contribution is 5.81. The monoisotopic (exact) mass is 560 g/mol. The van der Waals surface area contributed by atoms with Crippen molar-refractivity contribution < 1.29 is 9.59 Å². The van der Waals surface area contributed by atoms with E-state index in [1.54, 1.807) is 12.7 Å². The van der Waals surface area contributed by atoms with Crippen LogP contribution in [-0.4, -0.2) is 79.8 Å². The lowest BCUT2D eigenvalue weighted by atomic mass is 9.78. The average molecular weight is 561 g/mol. The van der Waals surface area contributed by atoms with Gasteiger partial charge in [0.2, 0.25) is 11.8 Å². The number of rotatable bonds is 8. The van der Waals surface area contributed by atoms with Crippen molar-refractivity contribution in [2.45, 2.75) is 89.6 Å². The fourth-order valence-electron chi connectivity index (χ4n) is 6.43. The summed E-state index contributed by atoms with van der Waals surface area (Å²) in [6.45, 7) is 9.94. The SMILES string of the molecule is CC(C)(C)c1cc(N[C@H]2C[C@@H](C(=O)N3CCC(Cc4cc(N[C@H]5C[C@@H](C(=O)N6CCC6)C5)ncn4)CC3)C2)ncn1. The number of carbonyl (C=O) groups excluding carboxylic acids is 2. The Morgan fingerprint density at radius 3 is 1.85 bits per heavy atom. The minimum absolute atomic E-state index is 0.0217. The van der Waals surface area contributed by atoms with Crippen molar-refractivity contribution in [3.05, 3.63) is 36.2 Å². The van der Waals surface area contributed by atoms with E-state index in [2.05, 4.69) is 62.3 Å². The second-order valence-electron chi connectivity index (χ2n) is 13.6. The van der Waals surface area contributed by atoms with Crippen LogP contribution in [0.15, 0.2) is 24.8 Å². The molecular formula is C31H44N8O2. The number of hydrogen-bond donors (Lipinski definition) is 2. The Hall–Kier alpha value is -3.30. The zero-order chi connectivity index (χ0) is 28.6. The first kappa shape index (κ1) is 27.8. The Morgan fingerprint density at radius 1 is 0.780 bits per heavy atom. The Labute approximate surface area is 243 Å². The number of likely N-dealkylation sites (tertiary alicyclic amines) is 2. The van der Waals surface area contributed by atoms with Crippen LogP contribution in [0.2, 0.25) is 0 Å². The van der Waals surface area contributed by atoms with Crippen molar-refractivity contribution in [3.63, 3.8) is 0 Å². The van der Waals surface area contributed by atoms with E-state index >= 15 is 0 Å². The minimum atomic E-state index is -0.0217. The summed E-state index contributed by atoms with van der Waals surface area (Å²) in [5, 5.41) is 7.00. The van der Waals surface area contributed by atoms with Crippen molar-refractivity contribution in [2.75, 3.05) is 36.8 Å². The second-order valence-corrected chi connectivity index (χ2v) is 13.6. The van der Waals surface area contributed by atoms with Crippen LogP contribution >= 0.6 is 0 Å². The molecule has 0 bridgehead atoms. The highest BCUT2D eigenvalue weighted by Crippen LogP contribution is 2.35. The zero-order valence-corrected chi connectivity index (χ0v) is 24.7. The Bertz CT molecular complexity index is 1240. The molecule has 0 radical (unpaired) electrons. The molecule has 220 valence electrons. The molecule has 10 nitrogen and oxygen atoms in total. The second kappa shape index (κ2) is 11.5. The van der Waals surface area contributed by atoms with E-state index in [0.717, 1.165) is 101 Å². The molecule has 2 N–H and O–H groups in total. The van der Waals surface area contributed by atoms with E-state index in [9.17, 15) is 9.59 Å². The number of nitrogens with zero attached hydrogens (tertiary/aromatic N) is 6. The van der Waals surface area contributed by atoms with Crippen LogP contribution in [-0.2, 0) is 21.4 Å². The minimum Gasteiger partial charge on any atom is -0.367 e. The smallest absolute Gasteiger partial charge is 0.225 e. The summed E-state index contributed by atoms with van der Waals surface area (Å²) in [4.78, 5) is 47.3. The van der Waals surface area contributed by atoms with Gasteiger partial charge in [0, 0.05) is 73.3 Å². The van der Waals surface area contributed by atoms with Crippen LogP contribution in [0, 0.1) is 17.8 Å². The van der Waals surface area contributed by atoms with E-state index in [4.69, 9.17) is 0 Å². The highest BCUT2D eigenvalue weighted by Gasteiger charge is 2.39. The maximum Gasteiger partial charge on any atom is 0.225 e. The van der Waals surface area contributed by atoms with Crippen LogP contribution in [0.5, 0.6) is 0 Å². The molecule has 2 aliphatic heterocycles. The number of aromatic nitrogens is 4. The van der Waals surface area contributed by atoms with Crippen LogP contribution in [0.4, 0.5) is 11.6 Å². The first-order valence-corrected chi connectivity index (χ1v) is 15.5. The zero-order valence-electron chi connectivity index (χ0n) is 24.7. The van der Waals surface area contributed by atoms with Gasteiger partial charge in [-0.3, -0.25) is 9.59 Å². The molecule has 2 amide bonds. The topological polar surface area (TPSA) is 116 Å². The van der Waals surface area contributed by atoms with Gasteiger partial charge in [0.05, 0.1) is 5.69 Å². The summed E-state index contributed by atoms with van der Waals surface area (Å²) in [5.41, 5.74) is 2.04. The van der Waals surface area contributed by atoms with E-state index in [-0.39, 0.29) is 23.3 Å². The lowest BCUT2D eigenvalue weighted by molar-refractivity contribution is -0.142. The van der Waals surface area contributed by atoms with Crippen molar-refractivity contribution in [1.82, 2.24) is 29.7 Å². The summed E-state index contributed by atoms with van der Waals surface area (Å²) in [5.74, 6) is 3.13. The van der Waals surface area contributed by atoms with Gasteiger partial charge < -0.3 is 20.4 Å². The number of hydrogen-bond acceptors (Lipinski definition) is 8. The third-order valence-electron chi connectivity index (χ3n) is 9.43. The van der Waals surface area contributed by atoms with E-state index < -0.39 is 0 Å². The molecule has 0 aromatic carbocycles. The Balaban J connectivity index is 0.907.